The van der Waals surface area contributed by atoms with Crippen molar-refractivity contribution in [2.24, 2.45) is 17.8 Å². The molecule has 2 unspecified atom stereocenters. The third kappa shape index (κ3) is 3.53. The van der Waals surface area contributed by atoms with E-state index in [1.54, 1.807) is 0 Å². The van der Waals surface area contributed by atoms with E-state index in [1.807, 2.05) is 24.3 Å². The number of anilines is 3. The molecule has 0 heterocycles. The van der Waals surface area contributed by atoms with Gasteiger partial charge in [-0.15, -0.1) is 0 Å². The third-order valence-corrected chi connectivity index (χ3v) is 6.40. The number of hydrogen-bond acceptors (Lipinski definition) is 2. The molecule has 0 aliphatic heterocycles. The maximum absolute atomic E-state index is 5.76. The lowest BCUT2D eigenvalue weighted by molar-refractivity contribution is 0.0899. The molecule has 0 aromatic heterocycles. The van der Waals surface area contributed by atoms with Crippen LogP contribution in [0.15, 0.2) is 48.5 Å². The second kappa shape index (κ2) is 6.40. The number of benzene rings is 2. The Morgan fingerprint density at radius 2 is 1.36 bits per heavy atom. The van der Waals surface area contributed by atoms with E-state index in [0.29, 0.717) is 5.41 Å². The average Bonchev–Trinajstić information content (AvgIpc) is 2.56. The number of nitrogens with two attached hydrogens (primary N) is 1. The molecule has 0 saturated heterocycles. The molecule has 0 radical (unpaired) electrons. The summed E-state index contributed by atoms with van der Waals surface area (Å²) in [4.78, 5) is 0. The molecular formula is C23H30N2. The molecular weight excluding hydrogens is 304 g/mol. The highest BCUT2D eigenvalue weighted by atomic mass is 14.9. The van der Waals surface area contributed by atoms with Crippen LogP contribution in [0.5, 0.6) is 0 Å². The lowest BCUT2D eigenvalue weighted by Crippen LogP contribution is -2.38. The highest BCUT2D eigenvalue weighted by Crippen LogP contribution is 2.51. The van der Waals surface area contributed by atoms with Gasteiger partial charge in [0.25, 0.3) is 0 Å². The van der Waals surface area contributed by atoms with E-state index in [2.05, 4.69) is 43.4 Å². The zero-order valence-electron chi connectivity index (χ0n) is 15.5. The van der Waals surface area contributed by atoms with Gasteiger partial charge in [-0.1, -0.05) is 26.0 Å². The van der Waals surface area contributed by atoms with Gasteiger partial charge in [0.1, 0.15) is 0 Å². The molecule has 2 aromatic rings. The van der Waals surface area contributed by atoms with Gasteiger partial charge < -0.3 is 11.1 Å². The molecule has 2 aliphatic carbocycles. The molecule has 0 spiro atoms. The molecule has 2 saturated carbocycles. The van der Waals surface area contributed by atoms with Crippen LogP contribution < -0.4 is 11.1 Å². The highest BCUT2D eigenvalue weighted by molar-refractivity contribution is 5.62. The summed E-state index contributed by atoms with van der Waals surface area (Å²) in [6, 6.07) is 17.0. The van der Waals surface area contributed by atoms with Crippen LogP contribution in [0, 0.1) is 17.8 Å². The summed E-state index contributed by atoms with van der Waals surface area (Å²) in [5, 5.41) is 3.46. The van der Waals surface area contributed by atoms with E-state index in [4.69, 9.17) is 5.73 Å². The van der Waals surface area contributed by atoms with Crippen molar-refractivity contribution in [2.45, 2.75) is 51.4 Å². The number of nitrogen functional groups attached to an aromatic ring is 1. The minimum absolute atomic E-state index is 0.355. The van der Waals surface area contributed by atoms with E-state index < -0.39 is 0 Å². The van der Waals surface area contributed by atoms with Crippen molar-refractivity contribution in [1.29, 1.82) is 0 Å². The molecule has 2 bridgehead atoms. The standard InChI is InChI=1S/C23H30N2/c1-16-11-17-13-18(12-16)15-23(2,14-17)19-3-7-21(8-4-19)25-22-9-5-20(24)6-10-22/h3-10,16-18,25H,11-15,24H2,1-2H3. The van der Waals surface area contributed by atoms with Gasteiger partial charge in [-0.2, -0.15) is 0 Å². The van der Waals surface area contributed by atoms with Crippen molar-refractivity contribution < 1.29 is 0 Å². The minimum atomic E-state index is 0.355. The molecule has 2 atom stereocenters. The van der Waals surface area contributed by atoms with Crippen molar-refractivity contribution in [2.75, 3.05) is 11.1 Å². The molecule has 3 N–H and O–H groups in total. The van der Waals surface area contributed by atoms with E-state index in [-0.39, 0.29) is 0 Å². The van der Waals surface area contributed by atoms with E-state index in [0.717, 1.165) is 34.8 Å². The van der Waals surface area contributed by atoms with Gasteiger partial charge in [0.15, 0.2) is 0 Å². The predicted octanol–water partition coefficient (Wildman–Crippen LogP) is 6.12. The quantitative estimate of drug-likeness (QED) is 0.664. The van der Waals surface area contributed by atoms with Gasteiger partial charge in [-0.3, -0.25) is 0 Å². The summed E-state index contributed by atoms with van der Waals surface area (Å²) >= 11 is 0. The van der Waals surface area contributed by atoms with Crippen molar-refractivity contribution in [3.63, 3.8) is 0 Å². The Bertz CT molecular complexity index is 699. The predicted molar refractivity (Wildman–Crippen MR) is 107 cm³/mol. The summed E-state index contributed by atoms with van der Waals surface area (Å²) in [5.74, 6) is 2.79. The smallest absolute Gasteiger partial charge is 0.0385 e. The van der Waals surface area contributed by atoms with Crippen LogP contribution in [0.3, 0.4) is 0 Å². The van der Waals surface area contributed by atoms with E-state index >= 15 is 0 Å². The summed E-state index contributed by atoms with van der Waals surface area (Å²) in [5.41, 5.74) is 10.6. The Labute approximate surface area is 151 Å². The first-order valence-electron chi connectivity index (χ1n) is 9.73. The lowest BCUT2D eigenvalue weighted by Gasteiger charge is -2.47. The zero-order valence-corrected chi connectivity index (χ0v) is 15.5. The van der Waals surface area contributed by atoms with Crippen LogP contribution in [0.2, 0.25) is 0 Å². The summed E-state index contributed by atoms with van der Waals surface area (Å²) < 4.78 is 0. The van der Waals surface area contributed by atoms with Crippen LogP contribution in [-0.2, 0) is 5.41 Å². The molecule has 25 heavy (non-hydrogen) atoms. The fraction of sp³-hybridized carbons (Fsp3) is 0.478. The average molecular weight is 335 g/mol. The lowest BCUT2D eigenvalue weighted by atomic mass is 9.57. The van der Waals surface area contributed by atoms with E-state index in [1.165, 1.54) is 37.7 Å². The highest BCUT2D eigenvalue weighted by Gasteiger charge is 2.41. The van der Waals surface area contributed by atoms with E-state index in [9.17, 15) is 0 Å². The van der Waals surface area contributed by atoms with Gasteiger partial charge >= 0.3 is 0 Å². The number of hydrogen-bond donors (Lipinski definition) is 2. The Morgan fingerprint density at radius 1 is 0.840 bits per heavy atom. The summed E-state index contributed by atoms with van der Waals surface area (Å²) in [7, 11) is 0. The van der Waals surface area contributed by atoms with Crippen LogP contribution in [0.4, 0.5) is 17.1 Å². The number of fused-ring (bicyclic) bond motifs is 2. The SMILES string of the molecule is CC1CC2CC(C1)CC(C)(c1ccc(Nc3ccc(N)cc3)cc1)C2. The topological polar surface area (TPSA) is 38.0 Å². The van der Waals surface area contributed by atoms with Gasteiger partial charge in [0.2, 0.25) is 0 Å². The van der Waals surface area contributed by atoms with Crippen LogP contribution in [0.25, 0.3) is 0 Å². The Hall–Kier alpha value is -1.96. The molecule has 2 aliphatic rings. The van der Waals surface area contributed by atoms with Crippen LogP contribution in [-0.4, -0.2) is 0 Å². The second-order valence-electron chi connectivity index (χ2n) is 8.84. The molecule has 4 rings (SSSR count). The number of nitrogens with one attached hydrogen (secondary N) is 1. The van der Waals surface area contributed by atoms with Crippen molar-refractivity contribution in [3.05, 3.63) is 54.1 Å². The monoisotopic (exact) mass is 334 g/mol. The Morgan fingerprint density at radius 3 is 1.92 bits per heavy atom. The maximum Gasteiger partial charge on any atom is 0.0385 e. The first-order chi connectivity index (χ1) is 12.0. The molecule has 132 valence electrons. The third-order valence-electron chi connectivity index (χ3n) is 6.40. The molecule has 2 heteroatoms. The molecule has 0 amide bonds. The first kappa shape index (κ1) is 16.5. The van der Waals surface area contributed by atoms with Crippen molar-refractivity contribution in [1.82, 2.24) is 0 Å². The Kier molecular flexibility index (Phi) is 4.23. The Balaban J connectivity index is 1.49. The molecule has 2 aromatic carbocycles. The first-order valence-corrected chi connectivity index (χ1v) is 9.73. The van der Waals surface area contributed by atoms with Crippen LogP contribution >= 0.6 is 0 Å². The van der Waals surface area contributed by atoms with Gasteiger partial charge in [-0.25, -0.2) is 0 Å². The second-order valence-corrected chi connectivity index (χ2v) is 8.84. The number of rotatable bonds is 3. The fourth-order valence-electron chi connectivity index (χ4n) is 5.51. The van der Waals surface area contributed by atoms with Crippen LogP contribution in [0.1, 0.15) is 51.5 Å². The van der Waals surface area contributed by atoms with Crippen molar-refractivity contribution in [3.8, 4) is 0 Å². The zero-order chi connectivity index (χ0) is 17.4. The van der Waals surface area contributed by atoms with Gasteiger partial charge in [-0.05, 0) is 97.2 Å². The summed E-state index contributed by atoms with van der Waals surface area (Å²) in [6.45, 7) is 4.93. The van der Waals surface area contributed by atoms with Gasteiger partial charge in [0, 0.05) is 17.1 Å². The largest absolute Gasteiger partial charge is 0.399 e. The normalized spacial score (nSPS) is 31.5. The van der Waals surface area contributed by atoms with Crippen molar-refractivity contribution >= 4 is 17.1 Å². The molecule has 2 nitrogen and oxygen atoms in total. The molecule has 2 fully saturated rings. The summed E-state index contributed by atoms with van der Waals surface area (Å²) in [6.07, 6.45) is 7.06. The minimum Gasteiger partial charge on any atom is -0.399 e. The fourth-order valence-corrected chi connectivity index (χ4v) is 5.51. The maximum atomic E-state index is 5.76. The van der Waals surface area contributed by atoms with Gasteiger partial charge in [0.05, 0.1) is 0 Å².